The lowest BCUT2D eigenvalue weighted by molar-refractivity contribution is -0.385. The summed E-state index contributed by atoms with van der Waals surface area (Å²) in [6.07, 6.45) is 1.20. The van der Waals surface area contributed by atoms with E-state index in [0.717, 1.165) is 6.54 Å². The zero-order valence-electron chi connectivity index (χ0n) is 10.8. The number of carbonyl (C=O) groups excluding carboxylic acids is 1. The first-order chi connectivity index (χ1) is 9.54. The Morgan fingerprint density at radius 1 is 1.70 bits per heavy atom. The van der Waals surface area contributed by atoms with E-state index in [4.69, 9.17) is 0 Å². The predicted octanol–water partition coefficient (Wildman–Crippen LogP) is 0.277. The molecule has 1 saturated heterocycles. The van der Waals surface area contributed by atoms with Gasteiger partial charge in [0.05, 0.1) is 9.40 Å². The molecule has 8 nitrogen and oxygen atoms in total. The zero-order chi connectivity index (χ0) is 14.7. The third-order valence-electron chi connectivity index (χ3n) is 3.08. The molecule has 108 valence electrons. The van der Waals surface area contributed by atoms with Gasteiger partial charge in [0.1, 0.15) is 18.1 Å². The molecule has 20 heavy (non-hydrogen) atoms. The van der Waals surface area contributed by atoms with Crippen LogP contribution >= 0.6 is 15.9 Å². The average Bonchev–Trinajstić information content (AvgIpc) is 2.46. The Morgan fingerprint density at radius 3 is 3.05 bits per heavy atom. The number of pyridine rings is 1. The van der Waals surface area contributed by atoms with Crippen molar-refractivity contribution in [3.8, 4) is 0 Å². The van der Waals surface area contributed by atoms with Gasteiger partial charge in [-0.05, 0) is 15.9 Å². The molecule has 0 radical (unpaired) electrons. The van der Waals surface area contributed by atoms with Crippen molar-refractivity contribution >= 4 is 33.3 Å². The van der Waals surface area contributed by atoms with Gasteiger partial charge in [0.2, 0.25) is 5.91 Å². The van der Waals surface area contributed by atoms with Crippen LogP contribution in [0.5, 0.6) is 0 Å². The number of halogens is 1. The molecule has 2 heterocycles. The fourth-order valence-corrected chi connectivity index (χ4v) is 2.66. The summed E-state index contributed by atoms with van der Waals surface area (Å²) in [4.78, 5) is 28.1. The lowest BCUT2D eigenvalue weighted by Crippen LogP contribution is -2.58. The third-order valence-corrected chi connectivity index (χ3v) is 3.67. The number of hydrogen-bond donors (Lipinski definition) is 2. The van der Waals surface area contributed by atoms with E-state index in [9.17, 15) is 14.9 Å². The van der Waals surface area contributed by atoms with Gasteiger partial charge in [0.15, 0.2) is 0 Å². The summed E-state index contributed by atoms with van der Waals surface area (Å²) in [5.74, 6) is 0.412. The highest BCUT2D eigenvalue weighted by Gasteiger charge is 2.30. The maximum Gasteiger partial charge on any atom is 0.288 e. The monoisotopic (exact) mass is 343 g/mol. The second kappa shape index (κ2) is 6.14. The molecule has 0 aliphatic carbocycles. The number of nitro groups is 1. The lowest BCUT2D eigenvalue weighted by Gasteiger charge is -2.36. The molecule has 1 unspecified atom stereocenters. The Balaban J connectivity index is 2.32. The van der Waals surface area contributed by atoms with Crippen LogP contribution in [-0.4, -0.2) is 48.5 Å². The van der Waals surface area contributed by atoms with Crippen molar-refractivity contribution in [2.45, 2.75) is 6.04 Å². The summed E-state index contributed by atoms with van der Waals surface area (Å²) < 4.78 is 0.502. The van der Waals surface area contributed by atoms with Crippen LogP contribution in [0.25, 0.3) is 0 Å². The van der Waals surface area contributed by atoms with Gasteiger partial charge < -0.3 is 15.5 Å². The van der Waals surface area contributed by atoms with Gasteiger partial charge in [0, 0.05) is 32.7 Å². The van der Waals surface area contributed by atoms with Crippen molar-refractivity contribution in [1.82, 2.24) is 15.6 Å². The van der Waals surface area contributed by atoms with Crippen LogP contribution < -0.4 is 15.5 Å². The Hall–Kier alpha value is -1.74. The molecule has 1 aliphatic rings. The number of carbonyl (C=O) groups is 1. The summed E-state index contributed by atoms with van der Waals surface area (Å²) in [5.41, 5.74) is -0.0905. The number of nitrogens with zero attached hydrogens (tertiary/aromatic N) is 3. The van der Waals surface area contributed by atoms with Crippen molar-refractivity contribution in [2.24, 2.45) is 0 Å². The number of anilines is 1. The molecule has 1 atom stereocenters. The standard InChI is InChI=1S/C11H14BrN5O3/c1-13-11(18)9-6-14-2-3-16(9)10-8(12)4-7(5-15-10)17(19)20/h4-5,9,14H,2-3,6H2,1H3,(H,13,18). The normalized spacial score (nSPS) is 18.7. The van der Waals surface area contributed by atoms with Gasteiger partial charge in [-0.3, -0.25) is 14.9 Å². The molecule has 0 saturated carbocycles. The minimum Gasteiger partial charge on any atom is -0.357 e. The maximum atomic E-state index is 11.9. The molecule has 0 aromatic carbocycles. The van der Waals surface area contributed by atoms with Crippen LogP contribution in [0.15, 0.2) is 16.7 Å². The molecule has 1 aromatic heterocycles. The maximum absolute atomic E-state index is 11.9. The summed E-state index contributed by atoms with van der Waals surface area (Å²) >= 11 is 3.29. The van der Waals surface area contributed by atoms with Crippen LogP contribution in [0.3, 0.4) is 0 Å². The average molecular weight is 344 g/mol. The van der Waals surface area contributed by atoms with Gasteiger partial charge in [-0.15, -0.1) is 0 Å². The van der Waals surface area contributed by atoms with Crippen LogP contribution in [0.2, 0.25) is 0 Å². The number of rotatable bonds is 3. The second-order valence-electron chi connectivity index (χ2n) is 4.28. The fourth-order valence-electron chi connectivity index (χ4n) is 2.09. The van der Waals surface area contributed by atoms with Crippen molar-refractivity contribution in [1.29, 1.82) is 0 Å². The van der Waals surface area contributed by atoms with Crippen molar-refractivity contribution in [2.75, 3.05) is 31.6 Å². The Morgan fingerprint density at radius 2 is 2.45 bits per heavy atom. The van der Waals surface area contributed by atoms with E-state index in [1.807, 2.05) is 4.90 Å². The van der Waals surface area contributed by atoms with Crippen molar-refractivity contribution < 1.29 is 9.72 Å². The van der Waals surface area contributed by atoms with Crippen LogP contribution in [0, 0.1) is 10.1 Å². The molecule has 0 spiro atoms. The minimum absolute atomic E-state index is 0.0905. The second-order valence-corrected chi connectivity index (χ2v) is 5.14. The van der Waals surface area contributed by atoms with Crippen molar-refractivity contribution in [3.05, 3.63) is 26.9 Å². The molecule has 2 rings (SSSR count). The number of aromatic nitrogens is 1. The van der Waals surface area contributed by atoms with Crippen LogP contribution in [-0.2, 0) is 4.79 Å². The Kier molecular flexibility index (Phi) is 4.50. The molecule has 1 aliphatic heterocycles. The zero-order valence-corrected chi connectivity index (χ0v) is 12.4. The molecule has 1 aromatic rings. The smallest absolute Gasteiger partial charge is 0.288 e. The first kappa shape index (κ1) is 14.7. The largest absolute Gasteiger partial charge is 0.357 e. The van der Waals surface area contributed by atoms with E-state index in [2.05, 4.69) is 31.5 Å². The fraction of sp³-hybridized carbons (Fsp3) is 0.455. The molecule has 0 bridgehead atoms. The van der Waals surface area contributed by atoms with E-state index in [1.165, 1.54) is 12.3 Å². The SMILES string of the molecule is CNC(=O)C1CNCCN1c1ncc([N+](=O)[O-])cc1Br. The Bertz CT molecular complexity index is 539. The van der Waals surface area contributed by atoms with E-state index >= 15 is 0 Å². The lowest BCUT2D eigenvalue weighted by atomic mass is 10.1. The number of piperazine rings is 1. The Labute approximate surface area is 123 Å². The summed E-state index contributed by atoms with van der Waals surface area (Å²) in [6, 6.07) is 1.00. The minimum atomic E-state index is -0.504. The first-order valence-electron chi connectivity index (χ1n) is 6.03. The van der Waals surface area contributed by atoms with Gasteiger partial charge in [-0.2, -0.15) is 0 Å². The molecule has 1 fully saturated rings. The highest BCUT2D eigenvalue weighted by molar-refractivity contribution is 9.10. The summed E-state index contributed by atoms with van der Waals surface area (Å²) in [6.45, 7) is 1.82. The number of likely N-dealkylation sites (N-methyl/N-ethyl adjacent to an activating group) is 1. The summed E-state index contributed by atoms with van der Waals surface area (Å²) in [5, 5.41) is 16.5. The number of hydrogen-bond acceptors (Lipinski definition) is 6. The molecular formula is C11H14BrN5O3. The molecule has 2 N–H and O–H groups in total. The van der Waals surface area contributed by atoms with E-state index in [0.29, 0.717) is 23.4 Å². The predicted molar refractivity (Wildman–Crippen MR) is 76.7 cm³/mol. The van der Waals surface area contributed by atoms with Crippen LogP contribution in [0.1, 0.15) is 0 Å². The molecular weight excluding hydrogens is 330 g/mol. The van der Waals surface area contributed by atoms with Crippen molar-refractivity contribution in [3.63, 3.8) is 0 Å². The molecule has 1 amide bonds. The third kappa shape index (κ3) is 2.88. The quantitative estimate of drug-likeness (QED) is 0.603. The van der Waals surface area contributed by atoms with E-state index < -0.39 is 4.92 Å². The van der Waals surface area contributed by atoms with E-state index in [-0.39, 0.29) is 17.6 Å². The van der Waals surface area contributed by atoms with Gasteiger partial charge in [-0.1, -0.05) is 0 Å². The van der Waals surface area contributed by atoms with E-state index in [1.54, 1.807) is 7.05 Å². The molecule has 9 heteroatoms. The number of amides is 1. The first-order valence-corrected chi connectivity index (χ1v) is 6.82. The highest BCUT2D eigenvalue weighted by atomic mass is 79.9. The van der Waals surface area contributed by atoms with Gasteiger partial charge in [0.25, 0.3) is 5.69 Å². The summed E-state index contributed by atoms with van der Waals surface area (Å²) in [7, 11) is 1.58. The number of nitrogens with one attached hydrogen (secondary N) is 2. The topological polar surface area (TPSA) is 100 Å². The highest BCUT2D eigenvalue weighted by Crippen LogP contribution is 2.29. The van der Waals surface area contributed by atoms with Crippen LogP contribution in [0.4, 0.5) is 11.5 Å². The van der Waals surface area contributed by atoms with Gasteiger partial charge >= 0.3 is 0 Å². The van der Waals surface area contributed by atoms with Gasteiger partial charge in [-0.25, -0.2) is 4.98 Å².